The Hall–Kier alpha value is -1.51. The molecule has 1 aliphatic rings. The van der Waals surface area contributed by atoms with E-state index in [0.29, 0.717) is 0 Å². The highest BCUT2D eigenvalue weighted by molar-refractivity contribution is 5.87. The smallest absolute Gasteiger partial charge is 0.152 e. The Kier molecular flexibility index (Phi) is 3.13. The van der Waals surface area contributed by atoms with Crippen molar-refractivity contribution in [3.8, 4) is 5.75 Å². The second-order valence-electron chi connectivity index (χ2n) is 4.17. The Morgan fingerprint density at radius 2 is 2.00 bits per heavy atom. The molecule has 3 heteroatoms. The first-order valence-corrected chi connectivity index (χ1v) is 5.69. The molecule has 16 heavy (non-hydrogen) atoms. The van der Waals surface area contributed by atoms with Crippen molar-refractivity contribution in [3.05, 3.63) is 29.3 Å². The van der Waals surface area contributed by atoms with Gasteiger partial charge >= 0.3 is 0 Å². The van der Waals surface area contributed by atoms with Gasteiger partial charge in [-0.3, -0.25) is 4.99 Å². The lowest BCUT2D eigenvalue weighted by Crippen LogP contribution is -2.33. The van der Waals surface area contributed by atoms with E-state index in [2.05, 4.69) is 36.3 Å². The molecule has 1 atom stereocenters. The molecule has 0 amide bonds. The molecule has 1 heterocycles. The van der Waals surface area contributed by atoms with Gasteiger partial charge < -0.3 is 10.1 Å². The first-order valence-electron chi connectivity index (χ1n) is 5.69. The molecule has 1 aromatic carbocycles. The fraction of sp³-hybridized carbons (Fsp3) is 0.462. The summed E-state index contributed by atoms with van der Waals surface area (Å²) >= 11 is 0. The van der Waals surface area contributed by atoms with Crippen LogP contribution >= 0.6 is 0 Å². The molecule has 1 aromatic rings. The summed E-state index contributed by atoms with van der Waals surface area (Å²) in [5, 5.41) is 3.24. The maximum absolute atomic E-state index is 5.97. The number of nitrogens with zero attached hydrogens (tertiary/aromatic N) is 1. The van der Waals surface area contributed by atoms with E-state index in [0.717, 1.165) is 24.7 Å². The summed E-state index contributed by atoms with van der Waals surface area (Å²) in [5.74, 6) is 1.94. The number of hydrogen-bond donors (Lipinski definition) is 1. The lowest BCUT2D eigenvalue weighted by atomic mass is 10.1. The van der Waals surface area contributed by atoms with Gasteiger partial charge in [-0.25, -0.2) is 0 Å². The van der Waals surface area contributed by atoms with Crippen LogP contribution in [-0.2, 0) is 0 Å². The second-order valence-corrected chi connectivity index (χ2v) is 4.17. The summed E-state index contributed by atoms with van der Waals surface area (Å²) in [4.78, 5) is 4.37. The van der Waals surface area contributed by atoms with Crippen LogP contribution in [0.4, 0.5) is 0 Å². The highest BCUT2D eigenvalue weighted by atomic mass is 16.5. The Morgan fingerprint density at radius 3 is 2.56 bits per heavy atom. The molecule has 3 nitrogen and oxygen atoms in total. The Labute approximate surface area is 96.5 Å². The maximum Gasteiger partial charge on any atom is 0.152 e. The normalized spacial score (nSPS) is 16.6. The third kappa shape index (κ3) is 2.18. The predicted octanol–water partition coefficient (Wildman–Crippen LogP) is 2.07. The molecular formula is C13H18N2O. The molecule has 0 spiro atoms. The zero-order valence-electron chi connectivity index (χ0n) is 10.1. The molecule has 0 saturated heterocycles. The zero-order valence-corrected chi connectivity index (χ0v) is 10.1. The minimum Gasteiger partial charge on any atom is -0.482 e. The topological polar surface area (TPSA) is 33.6 Å². The summed E-state index contributed by atoms with van der Waals surface area (Å²) in [6.07, 6.45) is 0.00213. The van der Waals surface area contributed by atoms with Crippen LogP contribution < -0.4 is 10.1 Å². The van der Waals surface area contributed by atoms with E-state index < -0.39 is 0 Å². The summed E-state index contributed by atoms with van der Waals surface area (Å²) < 4.78 is 5.97. The highest BCUT2D eigenvalue weighted by Crippen LogP contribution is 2.23. The molecule has 0 aromatic heterocycles. The summed E-state index contributed by atoms with van der Waals surface area (Å²) in [6, 6.07) is 6.19. The van der Waals surface area contributed by atoms with Crippen molar-refractivity contribution >= 4 is 5.84 Å². The van der Waals surface area contributed by atoms with Crippen LogP contribution in [0, 0.1) is 13.8 Å². The van der Waals surface area contributed by atoms with Gasteiger partial charge in [0.25, 0.3) is 0 Å². The third-order valence-corrected chi connectivity index (χ3v) is 2.79. The molecule has 0 saturated carbocycles. The fourth-order valence-electron chi connectivity index (χ4n) is 1.91. The number of aryl methyl sites for hydroxylation is 2. The summed E-state index contributed by atoms with van der Waals surface area (Å²) in [7, 11) is 0. The van der Waals surface area contributed by atoms with Gasteiger partial charge in [0.2, 0.25) is 0 Å². The van der Waals surface area contributed by atoms with Crippen LogP contribution in [0.1, 0.15) is 18.1 Å². The molecular weight excluding hydrogens is 200 g/mol. The number of benzene rings is 1. The van der Waals surface area contributed by atoms with Gasteiger partial charge in [-0.2, -0.15) is 0 Å². The SMILES string of the molecule is Cc1cccc(C)c1OC(C)C1=NCCN1. The summed E-state index contributed by atoms with van der Waals surface area (Å²) in [5.41, 5.74) is 2.34. The largest absolute Gasteiger partial charge is 0.482 e. The fourth-order valence-corrected chi connectivity index (χ4v) is 1.91. The molecule has 1 N–H and O–H groups in total. The number of nitrogens with one attached hydrogen (secondary N) is 1. The molecule has 2 rings (SSSR count). The lowest BCUT2D eigenvalue weighted by Gasteiger charge is -2.18. The molecule has 0 aliphatic carbocycles. The van der Waals surface area contributed by atoms with Crippen molar-refractivity contribution in [1.29, 1.82) is 0 Å². The predicted molar refractivity (Wildman–Crippen MR) is 66.3 cm³/mol. The standard InChI is InChI=1S/C13H18N2O/c1-9-5-4-6-10(2)12(9)16-11(3)13-14-7-8-15-13/h4-6,11H,7-8H2,1-3H3,(H,14,15). The lowest BCUT2D eigenvalue weighted by molar-refractivity contribution is 0.280. The Morgan fingerprint density at radius 1 is 1.31 bits per heavy atom. The van der Waals surface area contributed by atoms with Gasteiger partial charge in [-0.05, 0) is 31.9 Å². The van der Waals surface area contributed by atoms with Crippen LogP contribution in [0.15, 0.2) is 23.2 Å². The van der Waals surface area contributed by atoms with Gasteiger partial charge in [0.1, 0.15) is 11.6 Å². The van der Waals surface area contributed by atoms with Crippen molar-refractivity contribution in [3.63, 3.8) is 0 Å². The van der Waals surface area contributed by atoms with Crippen LogP contribution in [0.25, 0.3) is 0 Å². The number of para-hydroxylation sites is 1. The highest BCUT2D eigenvalue weighted by Gasteiger charge is 2.16. The first-order chi connectivity index (χ1) is 7.68. The van der Waals surface area contributed by atoms with Crippen molar-refractivity contribution in [2.45, 2.75) is 26.9 Å². The Balaban J connectivity index is 2.14. The van der Waals surface area contributed by atoms with Crippen molar-refractivity contribution in [1.82, 2.24) is 5.32 Å². The zero-order chi connectivity index (χ0) is 11.5. The number of hydrogen-bond acceptors (Lipinski definition) is 3. The van der Waals surface area contributed by atoms with Crippen molar-refractivity contribution in [2.24, 2.45) is 4.99 Å². The second kappa shape index (κ2) is 4.56. The number of ether oxygens (including phenoxy) is 1. The van der Waals surface area contributed by atoms with E-state index in [1.54, 1.807) is 0 Å². The van der Waals surface area contributed by atoms with Gasteiger partial charge in [0.15, 0.2) is 6.10 Å². The molecule has 0 fully saturated rings. The van der Waals surface area contributed by atoms with E-state index in [1.165, 1.54) is 11.1 Å². The first kappa shape index (κ1) is 11.0. The van der Waals surface area contributed by atoms with E-state index in [-0.39, 0.29) is 6.10 Å². The van der Waals surface area contributed by atoms with Crippen molar-refractivity contribution < 1.29 is 4.74 Å². The quantitative estimate of drug-likeness (QED) is 0.842. The average Bonchev–Trinajstić information content (AvgIpc) is 2.76. The van der Waals surface area contributed by atoms with Gasteiger partial charge in [-0.15, -0.1) is 0 Å². The molecule has 1 unspecified atom stereocenters. The van der Waals surface area contributed by atoms with Crippen molar-refractivity contribution in [2.75, 3.05) is 13.1 Å². The Bertz CT molecular complexity index is 392. The van der Waals surface area contributed by atoms with Gasteiger partial charge in [0, 0.05) is 6.54 Å². The van der Waals surface area contributed by atoms with Crippen LogP contribution in [0.5, 0.6) is 5.75 Å². The van der Waals surface area contributed by atoms with Crippen LogP contribution in [0.3, 0.4) is 0 Å². The maximum atomic E-state index is 5.97. The van der Waals surface area contributed by atoms with Gasteiger partial charge in [0.05, 0.1) is 6.54 Å². The van der Waals surface area contributed by atoms with E-state index >= 15 is 0 Å². The molecule has 1 aliphatic heterocycles. The number of rotatable bonds is 3. The minimum absolute atomic E-state index is 0.00213. The van der Waals surface area contributed by atoms with E-state index in [1.807, 2.05) is 13.0 Å². The van der Waals surface area contributed by atoms with E-state index in [4.69, 9.17) is 4.74 Å². The van der Waals surface area contributed by atoms with Crippen LogP contribution in [0.2, 0.25) is 0 Å². The monoisotopic (exact) mass is 218 g/mol. The summed E-state index contributed by atoms with van der Waals surface area (Å²) in [6.45, 7) is 7.95. The molecule has 0 bridgehead atoms. The minimum atomic E-state index is 0.00213. The molecule has 0 radical (unpaired) electrons. The van der Waals surface area contributed by atoms with Crippen LogP contribution in [-0.4, -0.2) is 25.0 Å². The van der Waals surface area contributed by atoms with E-state index in [9.17, 15) is 0 Å². The average molecular weight is 218 g/mol. The third-order valence-electron chi connectivity index (χ3n) is 2.79. The molecule has 86 valence electrons. The van der Waals surface area contributed by atoms with Gasteiger partial charge in [-0.1, -0.05) is 18.2 Å². The number of aliphatic imine (C=N–C) groups is 1. The number of amidine groups is 1.